The van der Waals surface area contributed by atoms with Crippen molar-refractivity contribution in [3.8, 4) is 0 Å². The predicted molar refractivity (Wildman–Crippen MR) is 95.0 cm³/mol. The van der Waals surface area contributed by atoms with Crippen LogP contribution >= 0.6 is 51.7 Å². The fourth-order valence-electron chi connectivity index (χ4n) is 1.24. The first kappa shape index (κ1) is 18.0. The Morgan fingerprint density at radius 2 is 1.94 bits per heavy atom. The van der Waals surface area contributed by atoms with Crippen molar-refractivity contribution in [1.82, 2.24) is 5.32 Å². The van der Waals surface area contributed by atoms with Crippen LogP contribution in [0.3, 0.4) is 0 Å². The molecular formula is C12H19BrIN3S. The summed E-state index contributed by atoms with van der Waals surface area (Å²) >= 11 is 5.24. The maximum absolute atomic E-state index is 5.62. The normalized spacial score (nSPS) is 11.9. The van der Waals surface area contributed by atoms with E-state index in [1.807, 2.05) is 23.9 Å². The second-order valence-electron chi connectivity index (χ2n) is 4.28. The molecule has 3 nitrogen and oxygen atoms in total. The van der Waals surface area contributed by atoms with Gasteiger partial charge in [-0.2, -0.15) is 0 Å². The standard InChI is InChI=1S/C12H18BrN3S.HI/c1-12(2,8-16-11(14)15-3)17-10-6-4-9(13)5-7-10;/h4-7H,8H2,1-3H3,(H3,14,15,16);1H. The van der Waals surface area contributed by atoms with Gasteiger partial charge in [-0.25, -0.2) is 0 Å². The van der Waals surface area contributed by atoms with E-state index >= 15 is 0 Å². The minimum atomic E-state index is 0. The Morgan fingerprint density at radius 3 is 2.44 bits per heavy atom. The van der Waals surface area contributed by atoms with Crippen LogP contribution in [0.15, 0.2) is 38.6 Å². The van der Waals surface area contributed by atoms with Crippen molar-refractivity contribution in [1.29, 1.82) is 0 Å². The van der Waals surface area contributed by atoms with Gasteiger partial charge in [0.05, 0.1) is 0 Å². The molecule has 0 aliphatic rings. The van der Waals surface area contributed by atoms with E-state index in [9.17, 15) is 0 Å². The third-order valence-electron chi connectivity index (χ3n) is 2.14. The zero-order chi connectivity index (χ0) is 12.9. The molecule has 0 unspecified atom stereocenters. The molecule has 0 radical (unpaired) electrons. The summed E-state index contributed by atoms with van der Waals surface area (Å²) in [6, 6.07) is 8.31. The number of guanidine groups is 1. The summed E-state index contributed by atoms with van der Waals surface area (Å²) in [5.41, 5.74) is 5.62. The van der Waals surface area contributed by atoms with Crippen molar-refractivity contribution >= 4 is 57.6 Å². The smallest absolute Gasteiger partial charge is 0.188 e. The van der Waals surface area contributed by atoms with Crippen molar-refractivity contribution in [2.45, 2.75) is 23.5 Å². The van der Waals surface area contributed by atoms with Crippen LogP contribution in [-0.2, 0) is 0 Å². The van der Waals surface area contributed by atoms with Gasteiger partial charge in [-0.3, -0.25) is 4.99 Å². The van der Waals surface area contributed by atoms with Gasteiger partial charge in [0.25, 0.3) is 0 Å². The molecule has 1 aromatic carbocycles. The SMILES string of the molecule is CN=C(N)NCC(C)(C)Sc1ccc(Br)cc1.I. The molecule has 0 heterocycles. The number of nitrogens with two attached hydrogens (primary N) is 1. The third-order valence-corrected chi connectivity index (χ3v) is 3.88. The largest absolute Gasteiger partial charge is 0.370 e. The summed E-state index contributed by atoms with van der Waals surface area (Å²) in [4.78, 5) is 5.12. The van der Waals surface area contributed by atoms with Gasteiger partial charge in [-0.15, -0.1) is 35.7 Å². The highest BCUT2D eigenvalue weighted by Gasteiger charge is 2.19. The van der Waals surface area contributed by atoms with Gasteiger partial charge in [0.1, 0.15) is 0 Å². The van der Waals surface area contributed by atoms with E-state index in [4.69, 9.17) is 5.73 Å². The topological polar surface area (TPSA) is 50.4 Å². The average molecular weight is 444 g/mol. The van der Waals surface area contributed by atoms with Crippen LogP contribution in [0, 0.1) is 0 Å². The van der Waals surface area contributed by atoms with Gasteiger partial charge in [-0.05, 0) is 38.1 Å². The van der Waals surface area contributed by atoms with Crippen LogP contribution in [0.25, 0.3) is 0 Å². The number of aliphatic imine (C=N–C) groups is 1. The minimum Gasteiger partial charge on any atom is -0.370 e. The summed E-state index contributed by atoms with van der Waals surface area (Å²) in [6.07, 6.45) is 0. The lowest BCUT2D eigenvalue weighted by Gasteiger charge is -2.24. The second-order valence-corrected chi connectivity index (χ2v) is 6.97. The number of hydrogen-bond donors (Lipinski definition) is 2. The molecule has 0 spiro atoms. The number of rotatable bonds is 4. The first-order valence-corrected chi connectivity index (χ1v) is 6.94. The maximum atomic E-state index is 5.62. The molecule has 18 heavy (non-hydrogen) atoms. The van der Waals surface area contributed by atoms with Crippen LogP contribution in [0.2, 0.25) is 0 Å². The van der Waals surface area contributed by atoms with Gasteiger partial charge >= 0.3 is 0 Å². The van der Waals surface area contributed by atoms with Crippen molar-refractivity contribution in [2.24, 2.45) is 10.7 Å². The molecule has 0 amide bonds. The van der Waals surface area contributed by atoms with E-state index in [0.717, 1.165) is 11.0 Å². The van der Waals surface area contributed by atoms with Gasteiger partial charge in [-0.1, -0.05) is 15.9 Å². The highest BCUT2D eigenvalue weighted by atomic mass is 127. The molecule has 102 valence electrons. The number of nitrogens with one attached hydrogen (secondary N) is 1. The highest BCUT2D eigenvalue weighted by Crippen LogP contribution is 2.32. The van der Waals surface area contributed by atoms with Crippen molar-refractivity contribution in [3.05, 3.63) is 28.7 Å². The zero-order valence-corrected chi connectivity index (χ0v) is 15.5. The van der Waals surface area contributed by atoms with Crippen molar-refractivity contribution in [3.63, 3.8) is 0 Å². The summed E-state index contributed by atoms with van der Waals surface area (Å²) < 4.78 is 1.16. The lowest BCUT2D eigenvalue weighted by molar-refractivity contribution is 0.675. The zero-order valence-electron chi connectivity index (χ0n) is 10.7. The first-order chi connectivity index (χ1) is 7.93. The van der Waals surface area contributed by atoms with Crippen LogP contribution < -0.4 is 11.1 Å². The molecular weight excluding hydrogens is 425 g/mol. The third kappa shape index (κ3) is 6.84. The van der Waals surface area contributed by atoms with Gasteiger partial charge in [0.15, 0.2) is 5.96 Å². The summed E-state index contributed by atoms with van der Waals surface area (Å²) in [7, 11) is 1.68. The van der Waals surface area contributed by atoms with Crippen LogP contribution in [0.1, 0.15) is 13.8 Å². The lowest BCUT2D eigenvalue weighted by Crippen LogP contribution is -2.40. The van der Waals surface area contributed by atoms with E-state index in [2.05, 4.69) is 52.2 Å². The van der Waals surface area contributed by atoms with E-state index in [1.165, 1.54) is 4.90 Å². The Morgan fingerprint density at radius 1 is 1.39 bits per heavy atom. The van der Waals surface area contributed by atoms with Gasteiger partial charge in [0.2, 0.25) is 0 Å². The van der Waals surface area contributed by atoms with Gasteiger partial charge < -0.3 is 11.1 Å². The predicted octanol–water partition coefficient (Wildman–Crippen LogP) is 3.47. The van der Waals surface area contributed by atoms with Crippen LogP contribution in [0.5, 0.6) is 0 Å². The van der Waals surface area contributed by atoms with Crippen molar-refractivity contribution in [2.75, 3.05) is 13.6 Å². The molecule has 1 rings (SSSR count). The summed E-state index contributed by atoms with van der Waals surface area (Å²) in [5.74, 6) is 0.481. The number of benzene rings is 1. The number of hydrogen-bond acceptors (Lipinski definition) is 2. The van der Waals surface area contributed by atoms with E-state index in [1.54, 1.807) is 7.05 Å². The fourth-order valence-corrected chi connectivity index (χ4v) is 2.56. The monoisotopic (exact) mass is 443 g/mol. The number of thioether (sulfide) groups is 1. The van der Waals surface area contributed by atoms with Crippen LogP contribution in [0.4, 0.5) is 0 Å². The Balaban J connectivity index is 0.00000289. The summed E-state index contributed by atoms with van der Waals surface area (Å²) in [6.45, 7) is 5.13. The van der Waals surface area contributed by atoms with Gasteiger partial charge in [0, 0.05) is 27.7 Å². The second kappa shape index (κ2) is 8.27. The summed E-state index contributed by atoms with van der Waals surface area (Å²) in [5, 5.41) is 3.10. The molecule has 0 aliphatic heterocycles. The molecule has 0 fully saturated rings. The molecule has 6 heteroatoms. The number of halogens is 2. The van der Waals surface area contributed by atoms with Crippen LogP contribution in [-0.4, -0.2) is 24.3 Å². The van der Waals surface area contributed by atoms with E-state index in [0.29, 0.717) is 5.96 Å². The van der Waals surface area contributed by atoms with E-state index < -0.39 is 0 Å². The Bertz CT molecular complexity index is 393. The Hall–Kier alpha value is 0.0500. The average Bonchev–Trinajstić information content (AvgIpc) is 2.29. The Labute approximate surface area is 139 Å². The first-order valence-electron chi connectivity index (χ1n) is 5.34. The quantitative estimate of drug-likeness (QED) is 0.324. The molecule has 0 aromatic heterocycles. The minimum absolute atomic E-state index is 0. The molecule has 0 bridgehead atoms. The maximum Gasteiger partial charge on any atom is 0.188 e. The van der Waals surface area contributed by atoms with Crippen molar-refractivity contribution < 1.29 is 0 Å². The fraction of sp³-hybridized carbons (Fsp3) is 0.417. The highest BCUT2D eigenvalue weighted by molar-refractivity contribution is 14.0. The molecule has 0 saturated carbocycles. The molecule has 0 aliphatic carbocycles. The molecule has 3 N–H and O–H groups in total. The lowest BCUT2D eigenvalue weighted by atomic mass is 10.2. The molecule has 0 saturated heterocycles. The Kier molecular flexibility index (Phi) is 8.29. The van der Waals surface area contributed by atoms with E-state index in [-0.39, 0.29) is 28.7 Å². The number of nitrogens with zero attached hydrogens (tertiary/aromatic N) is 1. The molecule has 1 aromatic rings. The molecule has 0 atom stereocenters.